The minimum absolute atomic E-state index is 0.666. The topological polar surface area (TPSA) is 27.7 Å². The van der Waals surface area contributed by atoms with Gasteiger partial charge in [0, 0.05) is 32.2 Å². The van der Waals surface area contributed by atoms with E-state index in [0.717, 1.165) is 45.9 Å². The molecule has 1 aliphatic rings. The Labute approximate surface area is 113 Å². The standard InChI is InChI=1S/C14H31N3O/c1-14(2)16(3)8-5-4-6-15-7-9-17-10-12-18-13-11-17/h14-15H,4-13H2,1-3H3. The molecule has 0 aromatic carbocycles. The molecule has 1 heterocycles. The van der Waals surface area contributed by atoms with Crippen LogP contribution in [0.4, 0.5) is 0 Å². The lowest BCUT2D eigenvalue weighted by molar-refractivity contribution is 0.0384. The molecule has 0 saturated carbocycles. The Balaban J connectivity index is 1.83. The Hall–Kier alpha value is -0.160. The van der Waals surface area contributed by atoms with Crippen molar-refractivity contribution in [1.29, 1.82) is 0 Å². The van der Waals surface area contributed by atoms with Crippen LogP contribution in [0.3, 0.4) is 0 Å². The van der Waals surface area contributed by atoms with Crippen molar-refractivity contribution in [2.75, 3.05) is 59.5 Å². The first kappa shape index (κ1) is 15.9. The van der Waals surface area contributed by atoms with Crippen LogP contribution >= 0.6 is 0 Å². The fourth-order valence-electron chi connectivity index (χ4n) is 2.06. The summed E-state index contributed by atoms with van der Waals surface area (Å²) in [5.41, 5.74) is 0. The summed E-state index contributed by atoms with van der Waals surface area (Å²) in [4.78, 5) is 4.89. The van der Waals surface area contributed by atoms with E-state index in [-0.39, 0.29) is 0 Å². The highest BCUT2D eigenvalue weighted by Crippen LogP contribution is 1.97. The second-order valence-electron chi connectivity index (χ2n) is 5.49. The molecule has 0 bridgehead atoms. The van der Waals surface area contributed by atoms with E-state index in [0.29, 0.717) is 6.04 Å². The van der Waals surface area contributed by atoms with Crippen molar-refractivity contribution >= 4 is 0 Å². The van der Waals surface area contributed by atoms with Crippen molar-refractivity contribution < 1.29 is 4.74 Å². The van der Waals surface area contributed by atoms with Crippen LogP contribution in [0.5, 0.6) is 0 Å². The molecule has 0 atom stereocenters. The minimum Gasteiger partial charge on any atom is -0.379 e. The molecule has 0 radical (unpaired) electrons. The van der Waals surface area contributed by atoms with E-state index in [1.165, 1.54) is 19.4 Å². The van der Waals surface area contributed by atoms with E-state index in [1.54, 1.807) is 0 Å². The second-order valence-corrected chi connectivity index (χ2v) is 5.49. The minimum atomic E-state index is 0.666. The summed E-state index contributed by atoms with van der Waals surface area (Å²) in [6.07, 6.45) is 2.57. The lowest BCUT2D eigenvalue weighted by Crippen LogP contribution is -2.40. The Kier molecular flexibility index (Phi) is 8.59. The number of nitrogens with zero attached hydrogens (tertiary/aromatic N) is 2. The molecule has 1 aliphatic heterocycles. The highest BCUT2D eigenvalue weighted by atomic mass is 16.5. The average Bonchev–Trinajstić information content (AvgIpc) is 2.38. The molecule has 1 saturated heterocycles. The SMILES string of the molecule is CC(C)N(C)CCCCNCCN1CCOCC1. The number of unbranched alkanes of at least 4 members (excludes halogenated alkanes) is 1. The van der Waals surface area contributed by atoms with Gasteiger partial charge in [0.2, 0.25) is 0 Å². The average molecular weight is 257 g/mol. The highest BCUT2D eigenvalue weighted by molar-refractivity contribution is 4.63. The van der Waals surface area contributed by atoms with Crippen LogP contribution in [0.1, 0.15) is 26.7 Å². The molecule has 1 rings (SSSR count). The highest BCUT2D eigenvalue weighted by Gasteiger charge is 2.08. The molecule has 0 aromatic heterocycles. The lowest BCUT2D eigenvalue weighted by Gasteiger charge is -2.26. The third-order valence-corrected chi connectivity index (χ3v) is 3.70. The molecule has 0 unspecified atom stereocenters. The smallest absolute Gasteiger partial charge is 0.0594 e. The summed E-state index contributed by atoms with van der Waals surface area (Å²) in [5, 5.41) is 3.53. The van der Waals surface area contributed by atoms with Crippen LogP contribution in [-0.4, -0.2) is 75.4 Å². The van der Waals surface area contributed by atoms with Crippen molar-refractivity contribution in [2.24, 2.45) is 0 Å². The zero-order chi connectivity index (χ0) is 13.2. The van der Waals surface area contributed by atoms with E-state index < -0.39 is 0 Å². The van der Waals surface area contributed by atoms with Crippen molar-refractivity contribution in [3.63, 3.8) is 0 Å². The first-order chi connectivity index (χ1) is 8.70. The molecule has 4 nitrogen and oxygen atoms in total. The second kappa shape index (κ2) is 9.73. The van der Waals surface area contributed by atoms with E-state index >= 15 is 0 Å². The van der Waals surface area contributed by atoms with Crippen molar-refractivity contribution in [1.82, 2.24) is 15.1 Å². The van der Waals surface area contributed by atoms with E-state index in [4.69, 9.17) is 4.74 Å². The van der Waals surface area contributed by atoms with Gasteiger partial charge in [-0.15, -0.1) is 0 Å². The van der Waals surface area contributed by atoms with Crippen LogP contribution in [0.15, 0.2) is 0 Å². The number of nitrogens with one attached hydrogen (secondary N) is 1. The van der Waals surface area contributed by atoms with Gasteiger partial charge in [0.05, 0.1) is 13.2 Å². The zero-order valence-electron chi connectivity index (χ0n) is 12.5. The van der Waals surface area contributed by atoms with Crippen LogP contribution < -0.4 is 5.32 Å². The lowest BCUT2D eigenvalue weighted by atomic mass is 10.2. The molecule has 4 heteroatoms. The van der Waals surface area contributed by atoms with Gasteiger partial charge in [0.15, 0.2) is 0 Å². The predicted molar refractivity (Wildman–Crippen MR) is 77.1 cm³/mol. The van der Waals surface area contributed by atoms with Crippen molar-refractivity contribution in [2.45, 2.75) is 32.7 Å². The third kappa shape index (κ3) is 7.31. The van der Waals surface area contributed by atoms with Gasteiger partial charge in [0.1, 0.15) is 0 Å². The number of hydrogen-bond donors (Lipinski definition) is 1. The summed E-state index contributed by atoms with van der Waals surface area (Å²) in [7, 11) is 2.20. The Morgan fingerprint density at radius 2 is 1.89 bits per heavy atom. The maximum absolute atomic E-state index is 5.33. The van der Waals surface area contributed by atoms with Gasteiger partial charge in [-0.25, -0.2) is 0 Å². The van der Waals surface area contributed by atoms with Gasteiger partial charge in [-0.2, -0.15) is 0 Å². The molecule has 0 spiro atoms. The van der Waals surface area contributed by atoms with Gasteiger partial charge in [-0.05, 0) is 46.8 Å². The molecule has 0 aromatic rings. The predicted octanol–water partition coefficient (Wildman–Crippen LogP) is 1.03. The normalized spacial score (nSPS) is 17.8. The number of ether oxygens (including phenoxy) is 1. The molecule has 0 amide bonds. The molecule has 1 fully saturated rings. The van der Waals surface area contributed by atoms with E-state index in [9.17, 15) is 0 Å². The number of hydrogen-bond acceptors (Lipinski definition) is 4. The third-order valence-electron chi connectivity index (χ3n) is 3.70. The molecule has 1 N–H and O–H groups in total. The Morgan fingerprint density at radius 3 is 2.56 bits per heavy atom. The number of morpholine rings is 1. The van der Waals surface area contributed by atoms with Gasteiger partial charge >= 0.3 is 0 Å². The maximum atomic E-state index is 5.33. The van der Waals surface area contributed by atoms with E-state index in [1.807, 2.05) is 0 Å². The number of rotatable bonds is 9. The Bertz CT molecular complexity index is 193. The molecular weight excluding hydrogens is 226 g/mol. The van der Waals surface area contributed by atoms with Crippen LogP contribution in [0.2, 0.25) is 0 Å². The van der Waals surface area contributed by atoms with Crippen LogP contribution in [-0.2, 0) is 4.74 Å². The largest absolute Gasteiger partial charge is 0.379 e. The quantitative estimate of drug-likeness (QED) is 0.624. The fourth-order valence-corrected chi connectivity index (χ4v) is 2.06. The monoisotopic (exact) mass is 257 g/mol. The van der Waals surface area contributed by atoms with Gasteiger partial charge in [-0.1, -0.05) is 0 Å². The molecule has 0 aliphatic carbocycles. The summed E-state index contributed by atoms with van der Waals surface area (Å²) in [5.74, 6) is 0. The molecule has 108 valence electrons. The maximum Gasteiger partial charge on any atom is 0.0594 e. The van der Waals surface area contributed by atoms with Crippen molar-refractivity contribution in [3.8, 4) is 0 Å². The summed E-state index contributed by atoms with van der Waals surface area (Å²) < 4.78 is 5.33. The van der Waals surface area contributed by atoms with Crippen molar-refractivity contribution in [3.05, 3.63) is 0 Å². The zero-order valence-corrected chi connectivity index (χ0v) is 12.5. The summed E-state index contributed by atoms with van der Waals surface area (Å²) >= 11 is 0. The Morgan fingerprint density at radius 1 is 1.17 bits per heavy atom. The first-order valence-corrected chi connectivity index (χ1v) is 7.41. The van der Waals surface area contributed by atoms with Gasteiger partial charge < -0.3 is 15.0 Å². The van der Waals surface area contributed by atoms with Gasteiger partial charge in [0.25, 0.3) is 0 Å². The summed E-state index contributed by atoms with van der Waals surface area (Å²) in [6.45, 7) is 13.1. The van der Waals surface area contributed by atoms with E-state index in [2.05, 4.69) is 36.0 Å². The van der Waals surface area contributed by atoms with Crippen LogP contribution in [0, 0.1) is 0 Å². The fraction of sp³-hybridized carbons (Fsp3) is 1.00. The first-order valence-electron chi connectivity index (χ1n) is 7.41. The molecule has 18 heavy (non-hydrogen) atoms. The van der Waals surface area contributed by atoms with Gasteiger partial charge in [-0.3, -0.25) is 4.90 Å². The molecular formula is C14H31N3O. The summed E-state index contributed by atoms with van der Waals surface area (Å²) in [6, 6.07) is 0.666. The van der Waals surface area contributed by atoms with Crippen LogP contribution in [0.25, 0.3) is 0 Å².